The van der Waals surface area contributed by atoms with Crippen LogP contribution in [0.25, 0.3) is 32.9 Å². The van der Waals surface area contributed by atoms with E-state index in [9.17, 15) is 4.79 Å². The Morgan fingerprint density at radius 2 is 1.70 bits per heavy atom. The molecular weight excluding hydrogens is 415 g/mol. The van der Waals surface area contributed by atoms with Crippen molar-refractivity contribution in [1.29, 1.82) is 0 Å². The summed E-state index contributed by atoms with van der Waals surface area (Å²) in [6.07, 6.45) is 0. The summed E-state index contributed by atoms with van der Waals surface area (Å²) in [6, 6.07) is 20.6. The summed E-state index contributed by atoms with van der Waals surface area (Å²) in [4.78, 5) is 16.8. The molecule has 33 heavy (non-hydrogen) atoms. The number of hydrogen-bond acceptors (Lipinski definition) is 2. The van der Waals surface area contributed by atoms with Gasteiger partial charge in [0.05, 0.1) is 12.1 Å². The third-order valence-electron chi connectivity index (χ3n) is 6.29. The normalized spacial score (nSPS) is 11.4. The van der Waals surface area contributed by atoms with E-state index in [0.29, 0.717) is 23.4 Å². The van der Waals surface area contributed by atoms with E-state index in [2.05, 4.69) is 11.9 Å². The molecule has 0 spiro atoms. The van der Waals surface area contributed by atoms with E-state index in [1.807, 2.05) is 54.0 Å². The molecule has 5 aromatic rings. The average molecular weight is 441 g/mol. The average Bonchev–Trinajstić information content (AvgIpc) is 3.29. The number of esters is 1. The minimum Gasteiger partial charge on any atom is -0.461 e. The number of H-pyrrole nitrogens is 1. The minimum absolute atomic E-state index is 0.236. The van der Waals surface area contributed by atoms with Gasteiger partial charge in [-0.1, -0.05) is 48.5 Å². The maximum absolute atomic E-state index is 15.2. The summed E-state index contributed by atoms with van der Waals surface area (Å²) in [6.45, 7) is 6.56. The fourth-order valence-electron chi connectivity index (χ4n) is 4.69. The van der Waals surface area contributed by atoms with Crippen molar-refractivity contribution in [2.45, 2.75) is 27.3 Å². The predicted molar refractivity (Wildman–Crippen MR) is 130 cm³/mol. The molecule has 5 rings (SSSR count). The molecule has 0 aliphatic heterocycles. The van der Waals surface area contributed by atoms with E-state index >= 15 is 4.39 Å². The summed E-state index contributed by atoms with van der Waals surface area (Å²) in [7, 11) is 0. The lowest BCUT2D eigenvalue weighted by Crippen LogP contribution is -2.14. The number of ether oxygens (including phenoxy) is 1. The molecule has 2 heterocycles. The van der Waals surface area contributed by atoms with Crippen LogP contribution in [0.2, 0.25) is 0 Å². The van der Waals surface area contributed by atoms with Crippen LogP contribution in [0.3, 0.4) is 0 Å². The van der Waals surface area contributed by atoms with Crippen molar-refractivity contribution < 1.29 is 13.9 Å². The topological polar surface area (TPSA) is 47.0 Å². The zero-order valence-corrected chi connectivity index (χ0v) is 18.9. The van der Waals surface area contributed by atoms with Crippen LogP contribution in [-0.4, -0.2) is 22.1 Å². The van der Waals surface area contributed by atoms with Crippen LogP contribution in [-0.2, 0) is 11.3 Å². The molecule has 0 amide bonds. The molecule has 4 nitrogen and oxygen atoms in total. The molecule has 1 N–H and O–H groups in total. The smallest absolute Gasteiger partial charge is 0.355 e. The highest BCUT2D eigenvalue weighted by Gasteiger charge is 2.28. The number of aromatic nitrogens is 2. The Kier molecular flexibility index (Phi) is 5.25. The van der Waals surface area contributed by atoms with Crippen molar-refractivity contribution in [1.82, 2.24) is 9.55 Å². The van der Waals surface area contributed by atoms with Gasteiger partial charge in [0, 0.05) is 39.7 Å². The fraction of sp³-hybridized carbons (Fsp3) is 0.179. The van der Waals surface area contributed by atoms with Gasteiger partial charge in [-0.25, -0.2) is 9.18 Å². The number of hydrogen-bond donors (Lipinski definition) is 1. The molecule has 0 saturated heterocycles. The van der Waals surface area contributed by atoms with Crippen LogP contribution in [0.4, 0.5) is 4.39 Å². The van der Waals surface area contributed by atoms with E-state index in [1.165, 1.54) is 6.07 Å². The van der Waals surface area contributed by atoms with Crippen LogP contribution in [0.15, 0.2) is 66.7 Å². The second-order valence-electron chi connectivity index (χ2n) is 8.25. The number of nitrogens with one attached hydrogen (secondary N) is 1. The van der Waals surface area contributed by atoms with Gasteiger partial charge in [-0.05, 0) is 50.1 Å². The van der Waals surface area contributed by atoms with Crippen LogP contribution < -0.4 is 0 Å². The van der Waals surface area contributed by atoms with Gasteiger partial charge in [-0.15, -0.1) is 0 Å². The maximum Gasteiger partial charge on any atom is 0.355 e. The zero-order valence-electron chi connectivity index (χ0n) is 18.9. The number of aryl methyl sites for hydroxylation is 2. The monoisotopic (exact) mass is 440 g/mol. The highest BCUT2D eigenvalue weighted by molar-refractivity contribution is 6.19. The van der Waals surface area contributed by atoms with Crippen molar-refractivity contribution in [2.75, 3.05) is 6.61 Å². The van der Waals surface area contributed by atoms with E-state index < -0.39 is 5.97 Å². The SMILES string of the molecule is CCOC(=O)c1c(-c2ccccc2F)c2c3c(C)c(C)[nH]c3ccc2n1Cc1ccccc1. The Bertz CT molecular complexity index is 1500. The first-order chi connectivity index (χ1) is 16.0. The summed E-state index contributed by atoms with van der Waals surface area (Å²) >= 11 is 0. The third-order valence-corrected chi connectivity index (χ3v) is 6.29. The van der Waals surface area contributed by atoms with Crippen molar-refractivity contribution in [3.63, 3.8) is 0 Å². The second kappa shape index (κ2) is 8.24. The molecule has 0 fully saturated rings. The Morgan fingerprint density at radius 3 is 2.42 bits per heavy atom. The van der Waals surface area contributed by atoms with Crippen molar-refractivity contribution in [3.8, 4) is 11.1 Å². The minimum atomic E-state index is -0.457. The molecule has 0 unspecified atom stereocenters. The lowest BCUT2D eigenvalue weighted by Gasteiger charge is -2.12. The number of benzene rings is 3. The lowest BCUT2D eigenvalue weighted by atomic mass is 9.97. The maximum atomic E-state index is 15.2. The number of fused-ring (bicyclic) bond motifs is 3. The molecule has 0 aliphatic carbocycles. The first kappa shape index (κ1) is 21.0. The summed E-state index contributed by atoms with van der Waals surface area (Å²) in [5.41, 5.74) is 6.34. The molecule has 0 aliphatic rings. The van der Waals surface area contributed by atoms with Crippen LogP contribution in [0.1, 0.15) is 34.2 Å². The molecule has 0 radical (unpaired) electrons. The third kappa shape index (κ3) is 3.41. The Labute approximate surface area is 191 Å². The molecule has 0 saturated carbocycles. The second-order valence-corrected chi connectivity index (χ2v) is 8.25. The molecule has 5 heteroatoms. The van der Waals surface area contributed by atoms with E-state index in [1.54, 1.807) is 25.1 Å². The highest BCUT2D eigenvalue weighted by atomic mass is 19.1. The van der Waals surface area contributed by atoms with E-state index in [-0.39, 0.29) is 12.4 Å². The number of halogens is 1. The van der Waals surface area contributed by atoms with Crippen LogP contribution in [0, 0.1) is 19.7 Å². The van der Waals surface area contributed by atoms with Gasteiger partial charge >= 0.3 is 5.97 Å². The van der Waals surface area contributed by atoms with Crippen LogP contribution >= 0.6 is 0 Å². The first-order valence-electron chi connectivity index (χ1n) is 11.1. The molecule has 166 valence electrons. The first-order valence-corrected chi connectivity index (χ1v) is 11.1. The Hall–Kier alpha value is -3.86. The van der Waals surface area contributed by atoms with Crippen molar-refractivity contribution >= 4 is 27.8 Å². The highest BCUT2D eigenvalue weighted by Crippen LogP contribution is 2.42. The predicted octanol–water partition coefficient (Wildman–Crippen LogP) is 6.77. The molecule has 0 atom stereocenters. The van der Waals surface area contributed by atoms with Crippen LogP contribution in [0.5, 0.6) is 0 Å². The summed E-state index contributed by atoms with van der Waals surface area (Å²) < 4.78 is 22.7. The largest absolute Gasteiger partial charge is 0.461 e. The number of carbonyl (C=O) groups is 1. The number of rotatable bonds is 5. The van der Waals surface area contributed by atoms with Gasteiger partial charge in [0.15, 0.2) is 0 Å². The Morgan fingerprint density at radius 1 is 0.970 bits per heavy atom. The summed E-state index contributed by atoms with van der Waals surface area (Å²) in [5.74, 6) is -0.829. The van der Waals surface area contributed by atoms with E-state index in [0.717, 1.165) is 38.6 Å². The standard InChI is InChI=1S/C28H25FN2O2/c1-4-33-28(32)27-25(20-12-8-9-13-21(20)29)26-23(31(27)16-19-10-6-5-7-11-19)15-14-22-24(26)17(2)18(3)30-22/h5-15,30H,4,16H2,1-3H3. The van der Waals surface area contributed by atoms with Gasteiger partial charge in [0.2, 0.25) is 0 Å². The van der Waals surface area contributed by atoms with E-state index in [4.69, 9.17) is 4.74 Å². The molecule has 3 aromatic carbocycles. The number of carbonyl (C=O) groups excluding carboxylic acids is 1. The van der Waals surface area contributed by atoms with Gasteiger partial charge in [-0.3, -0.25) is 0 Å². The fourth-order valence-corrected chi connectivity index (χ4v) is 4.69. The lowest BCUT2D eigenvalue weighted by molar-refractivity contribution is 0.0516. The molecule has 2 aromatic heterocycles. The number of nitrogens with zero attached hydrogens (tertiary/aromatic N) is 1. The van der Waals surface area contributed by atoms with Gasteiger partial charge in [0.1, 0.15) is 11.5 Å². The van der Waals surface area contributed by atoms with Gasteiger partial charge in [0.25, 0.3) is 0 Å². The number of aromatic amines is 1. The van der Waals surface area contributed by atoms with Gasteiger partial charge in [-0.2, -0.15) is 0 Å². The quantitative estimate of drug-likeness (QED) is 0.307. The molecule has 0 bridgehead atoms. The summed E-state index contributed by atoms with van der Waals surface area (Å²) in [5, 5.41) is 1.86. The van der Waals surface area contributed by atoms with Crippen molar-refractivity contribution in [3.05, 3.63) is 95.1 Å². The molecular formula is C28H25FN2O2. The Balaban J connectivity index is 1.97. The zero-order chi connectivity index (χ0) is 23.1. The van der Waals surface area contributed by atoms with Crippen molar-refractivity contribution in [2.24, 2.45) is 0 Å². The van der Waals surface area contributed by atoms with Gasteiger partial charge < -0.3 is 14.3 Å².